The zero-order chi connectivity index (χ0) is 22.1. The summed E-state index contributed by atoms with van der Waals surface area (Å²) in [5.74, 6) is -1.24. The van der Waals surface area contributed by atoms with Crippen LogP contribution in [-0.4, -0.2) is 45.6 Å². The van der Waals surface area contributed by atoms with Crippen molar-refractivity contribution in [3.8, 4) is 0 Å². The van der Waals surface area contributed by atoms with E-state index in [1.807, 2.05) is 38.1 Å². The molecular formula is C24H23N3O4. The minimum absolute atomic E-state index is 0.00762. The lowest BCUT2D eigenvalue weighted by atomic mass is 10.1. The summed E-state index contributed by atoms with van der Waals surface area (Å²) in [6.45, 7) is 6.10. The Balaban J connectivity index is 1.40. The van der Waals surface area contributed by atoms with E-state index in [2.05, 4.69) is 5.10 Å². The van der Waals surface area contributed by atoms with Gasteiger partial charge in [0.2, 0.25) is 0 Å². The van der Waals surface area contributed by atoms with Crippen molar-refractivity contribution < 1.29 is 19.1 Å². The lowest BCUT2D eigenvalue weighted by Crippen LogP contribution is -2.33. The Morgan fingerprint density at radius 1 is 0.935 bits per heavy atom. The topological polar surface area (TPSA) is 81.5 Å². The highest BCUT2D eigenvalue weighted by atomic mass is 16.5. The first-order valence-electron chi connectivity index (χ1n) is 10.1. The van der Waals surface area contributed by atoms with E-state index in [1.165, 1.54) is 5.56 Å². The number of carbonyl (C=O) groups excluding carboxylic acids is 3. The monoisotopic (exact) mass is 417 g/mol. The van der Waals surface area contributed by atoms with Gasteiger partial charge in [-0.15, -0.1) is 0 Å². The Morgan fingerprint density at radius 2 is 1.55 bits per heavy atom. The third-order valence-corrected chi connectivity index (χ3v) is 5.46. The number of fused-ring (bicyclic) bond motifs is 1. The Labute approximate surface area is 180 Å². The van der Waals surface area contributed by atoms with Gasteiger partial charge in [0.1, 0.15) is 12.2 Å². The number of aromatic nitrogens is 2. The van der Waals surface area contributed by atoms with Crippen LogP contribution in [0.2, 0.25) is 0 Å². The highest BCUT2D eigenvalue weighted by molar-refractivity contribution is 6.21. The van der Waals surface area contributed by atoms with Crippen LogP contribution in [-0.2, 0) is 11.3 Å². The summed E-state index contributed by atoms with van der Waals surface area (Å²) in [5, 5.41) is 4.48. The van der Waals surface area contributed by atoms with Gasteiger partial charge in [0, 0.05) is 0 Å². The van der Waals surface area contributed by atoms with Crippen molar-refractivity contribution in [3.63, 3.8) is 0 Å². The fourth-order valence-electron chi connectivity index (χ4n) is 3.76. The third-order valence-electron chi connectivity index (χ3n) is 5.46. The molecule has 2 amide bonds. The molecule has 31 heavy (non-hydrogen) atoms. The first kappa shape index (κ1) is 20.5. The summed E-state index contributed by atoms with van der Waals surface area (Å²) >= 11 is 0. The van der Waals surface area contributed by atoms with E-state index in [4.69, 9.17) is 4.74 Å². The van der Waals surface area contributed by atoms with Gasteiger partial charge in [-0.2, -0.15) is 5.10 Å². The molecule has 0 radical (unpaired) electrons. The van der Waals surface area contributed by atoms with Crippen LogP contribution in [0.4, 0.5) is 0 Å². The number of hydrogen-bond donors (Lipinski definition) is 0. The predicted molar refractivity (Wildman–Crippen MR) is 114 cm³/mol. The standard InChI is InChI=1S/C24H23N3O4/c1-15-8-10-18(11-9-15)14-27-17(3)21(16(2)25-27)24(30)31-13-12-26-22(28)19-6-4-5-7-20(19)23(26)29/h4-11H,12-14H2,1-3H3. The van der Waals surface area contributed by atoms with E-state index in [0.717, 1.165) is 10.5 Å². The quantitative estimate of drug-likeness (QED) is 0.454. The first-order chi connectivity index (χ1) is 14.9. The number of nitrogens with zero attached hydrogens (tertiary/aromatic N) is 3. The van der Waals surface area contributed by atoms with Crippen molar-refractivity contribution in [2.75, 3.05) is 13.2 Å². The maximum absolute atomic E-state index is 12.7. The zero-order valence-corrected chi connectivity index (χ0v) is 17.7. The van der Waals surface area contributed by atoms with E-state index in [1.54, 1.807) is 35.9 Å². The van der Waals surface area contributed by atoms with Gasteiger partial charge >= 0.3 is 5.97 Å². The van der Waals surface area contributed by atoms with Crippen molar-refractivity contribution >= 4 is 17.8 Å². The van der Waals surface area contributed by atoms with Crippen LogP contribution in [0.3, 0.4) is 0 Å². The highest BCUT2D eigenvalue weighted by Gasteiger charge is 2.35. The van der Waals surface area contributed by atoms with Crippen LogP contribution in [0.1, 0.15) is 53.6 Å². The fourth-order valence-corrected chi connectivity index (χ4v) is 3.76. The van der Waals surface area contributed by atoms with Crippen LogP contribution in [0, 0.1) is 20.8 Å². The van der Waals surface area contributed by atoms with Crippen molar-refractivity contribution in [2.24, 2.45) is 0 Å². The molecule has 4 rings (SSSR count). The average Bonchev–Trinajstić information content (AvgIpc) is 3.17. The lowest BCUT2D eigenvalue weighted by Gasteiger charge is -2.14. The molecule has 2 heterocycles. The Hall–Kier alpha value is -3.74. The smallest absolute Gasteiger partial charge is 0.341 e. The molecule has 158 valence electrons. The molecule has 0 N–H and O–H groups in total. The molecule has 0 aliphatic carbocycles. The summed E-state index contributed by atoms with van der Waals surface area (Å²) < 4.78 is 7.17. The average molecular weight is 417 g/mol. The second-order valence-electron chi connectivity index (χ2n) is 7.63. The van der Waals surface area contributed by atoms with Crippen molar-refractivity contribution in [1.29, 1.82) is 0 Å². The summed E-state index contributed by atoms with van der Waals surface area (Å²) in [5.41, 5.74) is 4.72. The molecule has 0 fully saturated rings. The van der Waals surface area contributed by atoms with Crippen LogP contribution in [0.25, 0.3) is 0 Å². The van der Waals surface area contributed by atoms with E-state index in [-0.39, 0.29) is 25.0 Å². The molecular weight excluding hydrogens is 394 g/mol. The van der Waals surface area contributed by atoms with Gasteiger partial charge in [0.25, 0.3) is 11.8 Å². The van der Waals surface area contributed by atoms with Crippen molar-refractivity contribution in [3.05, 3.63) is 87.7 Å². The minimum Gasteiger partial charge on any atom is -0.460 e. The van der Waals surface area contributed by atoms with Gasteiger partial charge in [0.15, 0.2) is 0 Å². The fraction of sp³-hybridized carbons (Fsp3) is 0.250. The van der Waals surface area contributed by atoms with Crippen molar-refractivity contribution in [1.82, 2.24) is 14.7 Å². The summed E-state index contributed by atoms with van der Waals surface area (Å²) in [6, 6.07) is 14.8. The molecule has 0 saturated carbocycles. The second-order valence-corrected chi connectivity index (χ2v) is 7.63. The van der Waals surface area contributed by atoms with Gasteiger partial charge in [-0.1, -0.05) is 42.0 Å². The maximum Gasteiger partial charge on any atom is 0.341 e. The van der Waals surface area contributed by atoms with Crippen molar-refractivity contribution in [2.45, 2.75) is 27.3 Å². The molecule has 1 aliphatic rings. The first-order valence-corrected chi connectivity index (χ1v) is 10.1. The number of esters is 1. The van der Waals surface area contributed by atoms with Crippen LogP contribution >= 0.6 is 0 Å². The minimum atomic E-state index is -0.512. The molecule has 0 saturated heterocycles. The van der Waals surface area contributed by atoms with Gasteiger partial charge in [-0.25, -0.2) is 4.79 Å². The molecule has 1 aliphatic heterocycles. The van der Waals surface area contributed by atoms with E-state index in [9.17, 15) is 14.4 Å². The highest BCUT2D eigenvalue weighted by Crippen LogP contribution is 2.22. The number of aryl methyl sites for hydroxylation is 2. The third kappa shape index (κ3) is 3.86. The maximum atomic E-state index is 12.7. The molecule has 0 spiro atoms. The molecule has 7 heteroatoms. The predicted octanol–water partition coefficient (Wildman–Crippen LogP) is 3.31. The summed E-state index contributed by atoms with van der Waals surface area (Å²) in [4.78, 5) is 38.6. The largest absolute Gasteiger partial charge is 0.460 e. The molecule has 2 aromatic carbocycles. The number of benzene rings is 2. The Kier molecular flexibility index (Phi) is 5.42. The number of hydrogen-bond acceptors (Lipinski definition) is 5. The molecule has 0 atom stereocenters. The Morgan fingerprint density at radius 3 is 2.16 bits per heavy atom. The number of amides is 2. The number of ether oxygens (including phenoxy) is 1. The summed E-state index contributed by atoms with van der Waals surface area (Å²) in [7, 11) is 0. The Bertz CT molecular complexity index is 1140. The van der Waals surface area contributed by atoms with Crippen LogP contribution < -0.4 is 0 Å². The second kappa shape index (κ2) is 8.18. The van der Waals surface area contributed by atoms with Gasteiger partial charge < -0.3 is 4.74 Å². The zero-order valence-electron chi connectivity index (χ0n) is 17.7. The molecule has 0 unspecified atom stereocenters. The molecule has 1 aromatic heterocycles. The lowest BCUT2D eigenvalue weighted by molar-refractivity contribution is 0.0419. The summed E-state index contributed by atoms with van der Waals surface area (Å²) in [6.07, 6.45) is 0. The van der Waals surface area contributed by atoms with E-state index in [0.29, 0.717) is 34.6 Å². The van der Waals surface area contributed by atoms with Gasteiger partial charge in [-0.3, -0.25) is 19.2 Å². The van der Waals surface area contributed by atoms with Crippen LogP contribution in [0.5, 0.6) is 0 Å². The van der Waals surface area contributed by atoms with Crippen LogP contribution in [0.15, 0.2) is 48.5 Å². The van der Waals surface area contributed by atoms with Gasteiger partial charge in [-0.05, 0) is 38.5 Å². The number of imide groups is 1. The SMILES string of the molecule is Cc1ccc(Cn2nc(C)c(C(=O)OCCN3C(=O)c4ccccc4C3=O)c2C)cc1. The van der Waals surface area contributed by atoms with E-state index < -0.39 is 5.97 Å². The number of rotatable bonds is 6. The number of carbonyl (C=O) groups is 3. The molecule has 0 bridgehead atoms. The molecule has 7 nitrogen and oxygen atoms in total. The van der Waals surface area contributed by atoms with E-state index >= 15 is 0 Å². The molecule has 3 aromatic rings. The normalized spacial score (nSPS) is 12.9. The van der Waals surface area contributed by atoms with Gasteiger partial charge in [0.05, 0.1) is 35.6 Å².